The molecule has 21 heavy (non-hydrogen) atoms. The molecule has 2 aliphatic rings. The van der Waals surface area contributed by atoms with E-state index in [1.807, 2.05) is 12.1 Å². The zero-order valence-corrected chi connectivity index (χ0v) is 12.9. The second-order valence-electron chi connectivity index (χ2n) is 6.82. The highest BCUT2D eigenvalue weighted by molar-refractivity contribution is 6.00. The highest BCUT2D eigenvalue weighted by Crippen LogP contribution is 2.48. The van der Waals surface area contributed by atoms with E-state index in [2.05, 4.69) is 5.32 Å². The summed E-state index contributed by atoms with van der Waals surface area (Å²) >= 11 is 0. The van der Waals surface area contributed by atoms with Crippen molar-refractivity contribution in [2.24, 2.45) is 17.8 Å². The summed E-state index contributed by atoms with van der Waals surface area (Å²) in [6.45, 7) is 0.957. The molecule has 0 aromatic heterocycles. The fourth-order valence-electron chi connectivity index (χ4n) is 4.00. The van der Waals surface area contributed by atoms with Crippen molar-refractivity contribution in [3.05, 3.63) is 23.8 Å². The summed E-state index contributed by atoms with van der Waals surface area (Å²) in [6.07, 6.45) is 5.56. The Morgan fingerprint density at radius 2 is 2.14 bits per heavy atom. The molecule has 1 amide bonds. The smallest absolute Gasteiger partial charge is 0.255 e. The van der Waals surface area contributed by atoms with Crippen LogP contribution < -0.4 is 11.1 Å². The average molecular weight is 287 g/mol. The number of nitrogens with two attached hydrogens (primary N) is 1. The number of anilines is 2. The first kappa shape index (κ1) is 14.2. The van der Waals surface area contributed by atoms with Crippen LogP contribution in [0.4, 0.5) is 11.4 Å². The quantitative estimate of drug-likeness (QED) is 0.837. The molecular formula is C17H25N3O. The summed E-state index contributed by atoms with van der Waals surface area (Å²) in [6, 6.07) is 5.49. The molecule has 0 saturated heterocycles. The molecule has 0 radical (unpaired) electrons. The van der Waals surface area contributed by atoms with Gasteiger partial charge in [0, 0.05) is 32.0 Å². The lowest BCUT2D eigenvalue weighted by molar-refractivity contribution is 0.0828. The number of hydrogen-bond donors (Lipinski definition) is 2. The molecule has 4 nitrogen and oxygen atoms in total. The van der Waals surface area contributed by atoms with Gasteiger partial charge in [-0.25, -0.2) is 0 Å². The van der Waals surface area contributed by atoms with Gasteiger partial charge in [-0.1, -0.05) is 6.42 Å². The zero-order valence-electron chi connectivity index (χ0n) is 12.9. The predicted molar refractivity (Wildman–Crippen MR) is 86.3 cm³/mol. The molecule has 2 fully saturated rings. The van der Waals surface area contributed by atoms with Crippen LogP contribution in [0.5, 0.6) is 0 Å². The molecule has 0 heterocycles. The van der Waals surface area contributed by atoms with Crippen molar-refractivity contribution in [1.29, 1.82) is 0 Å². The number of carbonyl (C=O) groups excluding carboxylic acids is 1. The Hall–Kier alpha value is -1.71. The second kappa shape index (κ2) is 5.58. The maximum Gasteiger partial charge on any atom is 0.255 e. The minimum atomic E-state index is 0.0189. The van der Waals surface area contributed by atoms with Crippen LogP contribution in [-0.2, 0) is 0 Å². The molecule has 0 spiro atoms. The van der Waals surface area contributed by atoms with Gasteiger partial charge in [-0.15, -0.1) is 0 Å². The number of fused-ring (bicyclic) bond motifs is 2. The van der Waals surface area contributed by atoms with Crippen LogP contribution in [-0.4, -0.2) is 31.4 Å². The fraction of sp³-hybridized carbons (Fsp3) is 0.588. The van der Waals surface area contributed by atoms with Gasteiger partial charge in [0.2, 0.25) is 0 Å². The van der Waals surface area contributed by atoms with E-state index in [4.69, 9.17) is 5.73 Å². The Bertz CT molecular complexity index is 541. The molecule has 4 heteroatoms. The van der Waals surface area contributed by atoms with E-state index in [0.29, 0.717) is 11.3 Å². The molecule has 114 valence electrons. The van der Waals surface area contributed by atoms with E-state index in [-0.39, 0.29) is 5.91 Å². The first-order valence-electron chi connectivity index (χ1n) is 7.89. The first-order chi connectivity index (χ1) is 10.0. The van der Waals surface area contributed by atoms with Gasteiger partial charge in [-0.05, 0) is 55.2 Å². The topological polar surface area (TPSA) is 58.4 Å². The van der Waals surface area contributed by atoms with Crippen LogP contribution in [0.2, 0.25) is 0 Å². The molecule has 1 aromatic carbocycles. The van der Waals surface area contributed by atoms with Crippen molar-refractivity contribution in [1.82, 2.24) is 4.90 Å². The SMILES string of the molecule is CN(C)C(=O)c1ccc(N)cc1NCC1CC2CCC1C2. The number of hydrogen-bond acceptors (Lipinski definition) is 3. The van der Waals surface area contributed by atoms with E-state index in [1.54, 1.807) is 25.1 Å². The summed E-state index contributed by atoms with van der Waals surface area (Å²) < 4.78 is 0. The third-order valence-corrected chi connectivity index (χ3v) is 5.12. The van der Waals surface area contributed by atoms with Gasteiger partial charge in [-0.2, -0.15) is 0 Å². The van der Waals surface area contributed by atoms with E-state index >= 15 is 0 Å². The average Bonchev–Trinajstić information content (AvgIpc) is 3.07. The van der Waals surface area contributed by atoms with Crippen molar-refractivity contribution in [2.45, 2.75) is 25.7 Å². The van der Waals surface area contributed by atoms with Crippen LogP contribution in [0.3, 0.4) is 0 Å². The van der Waals surface area contributed by atoms with Crippen molar-refractivity contribution >= 4 is 17.3 Å². The zero-order chi connectivity index (χ0) is 15.0. The lowest BCUT2D eigenvalue weighted by Crippen LogP contribution is -2.25. The number of benzene rings is 1. The molecule has 0 aliphatic heterocycles. The molecule has 3 N–H and O–H groups in total. The largest absolute Gasteiger partial charge is 0.399 e. The van der Waals surface area contributed by atoms with Gasteiger partial charge in [0.05, 0.1) is 5.56 Å². The van der Waals surface area contributed by atoms with E-state index in [1.165, 1.54) is 25.7 Å². The summed E-state index contributed by atoms with van der Waals surface area (Å²) in [7, 11) is 3.55. The number of nitrogens with zero attached hydrogens (tertiary/aromatic N) is 1. The van der Waals surface area contributed by atoms with Crippen molar-refractivity contribution in [3.8, 4) is 0 Å². The number of amides is 1. The minimum Gasteiger partial charge on any atom is -0.399 e. The van der Waals surface area contributed by atoms with Gasteiger partial charge in [-0.3, -0.25) is 4.79 Å². The molecule has 3 atom stereocenters. The van der Waals surface area contributed by atoms with Gasteiger partial charge < -0.3 is 16.0 Å². The van der Waals surface area contributed by atoms with Crippen LogP contribution in [0.1, 0.15) is 36.0 Å². The minimum absolute atomic E-state index is 0.0189. The maximum absolute atomic E-state index is 12.2. The van der Waals surface area contributed by atoms with Crippen molar-refractivity contribution in [2.75, 3.05) is 31.7 Å². The third kappa shape index (κ3) is 2.85. The molecular weight excluding hydrogens is 262 g/mol. The Morgan fingerprint density at radius 1 is 1.33 bits per heavy atom. The lowest BCUT2D eigenvalue weighted by Gasteiger charge is -2.23. The van der Waals surface area contributed by atoms with E-state index in [0.717, 1.165) is 30.0 Å². The lowest BCUT2D eigenvalue weighted by atomic mass is 9.89. The standard InChI is InChI=1S/C17H25N3O/c1-20(2)17(21)15-6-5-14(18)9-16(15)19-10-13-8-11-3-4-12(13)7-11/h5-6,9,11-13,19H,3-4,7-8,10,18H2,1-2H3. The highest BCUT2D eigenvalue weighted by atomic mass is 16.2. The number of nitrogen functional groups attached to an aromatic ring is 1. The summed E-state index contributed by atoms with van der Waals surface area (Å²) in [5.74, 6) is 2.61. The molecule has 1 aromatic rings. The van der Waals surface area contributed by atoms with Crippen molar-refractivity contribution in [3.63, 3.8) is 0 Å². The first-order valence-corrected chi connectivity index (χ1v) is 7.89. The summed E-state index contributed by atoms with van der Waals surface area (Å²) in [5.41, 5.74) is 8.16. The van der Waals surface area contributed by atoms with Crippen LogP contribution in [0.25, 0.3) is 0 Å². The molecule has 2 bridgehead atoms. The van der Waals surface area contributed by atoms with E-state index in [9.17, 15) is 4.79 Å². The van der Waals surface area contributed by atoms with Gasteiger partial charge in [0.1, 0.15) is 0 Å². The monoisotopic (exact) mass is 287 g/mol. The Kier molecular flexibility index (Phi) is 3.79. The summed E-state index contributed by atoms with van der Waals surface area (Å²) in [5, 5.41) is 3.49. The Balaban J connectivity index is 1.72. The molecule has 2 aliphatic carbocycles. The number of rotatable bonds is 4. The third-order valence-electron chi connectivity index (χ3n) is 5.12. The van der Waals surface area contributed by atoms with Gasteiger partial charge in [0.15, 0.2) is 0 Å². The maximum atomic E-state index is 12.2. The van der Waals surface area contributed by atoms with Crippen LogP contribution >= 0.6 is 0 Å². The fourth-order valence-corrected chi connectivity index (χ4v) is 4.00. The second-order valence-corrected chi connectivity index (χ2v) is 6.82. The number of nitrogens with one attached hydrogen (secondary N) is 1. The van der Waals surface area contributed by atoms with E-state index < -0.39 is 0 Å². The van der Waals surface area contributed by atoms with Gasteiger partial charge >= 0.3 is 0 Å². The summed E-state index contributed by atoms with van der Waals surface area (Å²) in [4.78, 5) is 13.9. The highest BCUT2D eigenvalue weighted by Gasteiger charge is 2.39. The molecule has 3 unspecified atom stereocenters. The van der Waals surface area contributed by atoms with Crippen LogP contribution in [0.15, 0.2) is 18.2 Å². The Labute approximate surface area is 126 Å². The molecule has 3 rings (SSSR count). The normalized spacial score (nSPS) is 26.9. The van der Waals surface area contributed by atoms with Gasteiger partial charge in [0.25, 0.3) is 5.91 Å². The predicted octanol–water partition coefficient (Wildman–Crippen LogP) is 2.82. The van der Waals surface area contributed by atoms with Crippen molar-refractivity contribution < 1.29 is 4.79 Å². The number of carbonyl (C=O) groups is 1. The van der Waals surface area contributed by atoms with Crippen LogP contribution in [0, 0.1) is 17.8 Å². The molecule has 2 saturated carbocycles. The Morgan fingerprint density at radius 3 is 2.76 bits per heavy atom.